The van der Waals surface area contributed by atoms with Crippen molar-refractivity contribution in [3.63, 3.8) is 0 Å². The van der Waals surface area contributed by atoms with E-state index in [1.54, 1.807) is 0 Å². The molecule has 1 heterocycles. The van der Waals surface area contributed by atoms with E-state index in [0.717, 1.165) is 31.9 Å². The Morgan fingerprint density at radius 3 is 2.46 bits per heavy atom. The molecule has 1 aromatic carbocycles. The highest BCUT2D eigenvalue weighted by Crippen LogP contribution is 2.17. The van der Waals surface area contributed by atoms with Crippen molar-refractivity contribution in [3.05, 3.63) is 29.8 Å². The van der Waals surface area contributed by atoms with Crippen molar-refractivity contribution in [3.8, 4) is 0 Å². The van der Waals surface area contributed by atoms with Crippen LogP contribution in [0.5, 0.6) is 0 Å². The van der Waals surface area contributed by atoms with Gasteiger partial charge in [0.05, 0.1) is 13.2 Å². The molecule has 1 fully saturated rings. The topological polar surface area (TPSA) is 76.8 Å². The molecule has 134 valence electrons. The van der Waals surface area contributed by atoms with Gasteiger partial charge in [-0.25, -0.2) is 4.79 Å². The van der Waals surface area contributed by atoms with E-state index >= 15 is 0 Å². The van der Waals surface area contributed by atoms with Gasteiger partial charge in [0.15, 0.2) is 0 Å². The highest BCUT2D eigenvalue weighted by molar-refractivity contribution is 5.68. The number of hydrogen-bond donors (Lipinski definition) is 2. The van der Waals surface area contributed by atoms with Gasteiger partial charge in [-0.1, -0.05) is 12.1 Å². The number of hydrogen-bond acceptors (Lipinski definition) is 5. The van der Waals surface area contributed by atoms with E-state index < -0.39 is 11.7 Å². The van der Waals surface area contributed by atoms with Crippen molar-refractivity contribution in [1.82, 2.24) is 5.32 Å². The summed E-state index contributed by atoms with van der Waals surface area (Å²) < 4.78 is 10.7. The van der Waals surface area contributed by atoms with Crippen LogP contribution in [0, 0.1) is 0 Å². The molecule has 0 bridgehead atoms. The van der Waals surface area contributed by atoms with Gasteiger partial charge in [0.1, 0.15) is 5.60 Å². The number of carbonyl (C=O) groups excluding carboxylic acids is 1. The summed E-state index contributed by atoms with van der Waals surface area (Å²) >= 11 is 0. The Hall–Kier alpha value is -1.79. The molecule has 0 saturated carbocycles. The first-order chi connectivity index (χ1) is 11.4. The minimum Gasteiger partial charge on any atom is -0.444 e. The van der Waals surface area contributed by atoms with E-state index in [1.807, 2.05) is 20.8 Å². The standard InChI is InChI=1S/C18H29N3O3/c1-18(2,3)24-17(22)20-15(13-19)12-14-4-6-16(7-5-14)21-8-10-23-11-9-21/h4-7,15H,8-13,19H2,1-3H3,(H,20,22). The van der Waals surface area contributed by atoms with Gasteiger partial charge in [-0.05, 0) is 44.9 Å². The number of nitrogens with one attached hydrogen (secondary N) is 1. The van der Waals surface area contributed by atoms with Crippen LogP contribution in [0.2, 0.25) is 0 Å². The van der Waals surface area contributed by atoms with Gasteiger partial charge in [-0.15, -0.1) is 0 Å². The lowest BCUT2D eigenvalue weighted by atomic mass is 10.1. The maximum Gasteiger partial charge on any atom is 0.407 e. The van der Waals surface area contributed by atoms with Crippen LogP contribution in [-0.2, 0) is 15.9 Å². The molecule has 1 saturated heterocycles. The number of benzene rings is 1. The van der Waals surface area contributed by atoms with Crippen molar-refractivity contribution in [2.75, 3.05) is 37.7 Å². The van der Waals surface area contributed by atoms with Gasteiger partial charge in [0.2, 0.25) is 0 Å². The van der Waals surface area contributed by atoms with Crippen LogP contribution in [0.3, 0.4) is 0 Å². The summed E-state index contributed by atoms with van der Waals surface area (Å²) in [6.45, 7) is 9.28. The average molecular weight is 335 g/mol. The molecule has 1 unspecified atom stereocenters. The molecule has 0 aromatic heterocycles. The molecule has 24 heavy (non-hydrogen) atoms. The average Bonchev–Trinajstić information content (AvgIpc) is 2.54. The fourth-order valence-electron chi connectivity index (χ4n) is 2.62. The van der Waals surface area contributed by atoms with Crippen molar-refractivity contribution in [2.45, 2.75) is 38.8 Å². The predicted molar refractivity (Wildman–Crippen MR) is 95.4 cm³/mol. The molecule has 0 spiro atoms. The fraction of sp³-hybridized carbons (Fsp3) is 0.611. The van der Waals surface area contributed by atoms with E-state index in [0.29, 0.717) is 13.0 Å². The highest BCUT2D eigenvalue weighted by atomic mass is 16.6. The van der Waals surface area contributed by atoms with Crippen LogP contribution in [0.1, 0.15) is 26.3 Å². The third kappa shape index (κ3) is 6.02. The number of morpholine rings is 1. The van der Waals surface area contributed by atoms with Gasteiger partial charge >= 0.3 is 6.09 Å². The van der Waals surface area contributed by atoms with Crippen LogP contribution in [0.4, 0.5) is 10.5 Å². The Labute approximate surface area is 144 Å². The fourth-order valence-corrected chi connectivity index (χ4v) is 2.62. The van der Waals surface area contributed by atoms with Crippen LogP contribution in [0.15, 0.2) is 24.3 Å². The molecule has 1 amide bonds. The zero-order valence-corrected chi connectivity index (χ0v) is 14.9. The van der Waals surface area contributed by atoms with Gasteiger partial charge in [0, 0.05) is 31.4 Å². The highest BCUT2D eigenvalue weighted by Gasteiger charge is 2.19. The monoisotopic (exact) mass is 335 g/mol. The summed E-state index contributed by atoms with van der Waals surface area (Å²) in [7, 11) is 0. The lowest BCUT2D eigenvalue weighted by molar-refractivity contribution is 0.0506. The molecule has 3 N–H and O–H groups in total. The third-order valence-corrected chi connectivity index (χ3v) is 3.80. The van der Waals surface area contributed by atoms with Crippen molar-refractivity contribution >= 4 is 11.8 Å². The number of ether oxygens (including phenoxy) is 2. The molecule has 2 rings (SSSR count). The second-order valence-corrected chi connectivity index (χ2v) is 7.05. The Morgan fingerprint density at radius 2 is 1.92 bits per heavy atom. The van der Waals surface area contributed by atoms with Crippen LogP contribution in [-0.4, -0.2) is 50.6 Å². The van der Waals surface area contributed by atoms with Crippen molar-refractivity contribution in [2.24, 2.45) is 5.73 Å². The summed E-state index contributed by atoms with van der Waals surface area (Å²) in [4.78, 5) is 14.2. The number of anilines is 1. The molecule has 6 nitrogen and oxygen atoms in total. The van der Waals surface area contributed by atoms with E-state index in [1.165, 1.54) is 5.69 Å². The zero-order valence-electron chi connectivity index (χ0n) is 14.9. The Kier molecular flexibility index (Phi) is 6.45. The summed E-state index contributed by atoms with van der Waals surface area (Å²) in [5.41, 5.74) is 7.61. The predicted octanol–water partition coefficient (Wildman–Crippen LogP) is 1.92. The minimum absolute atomic E-state index is 0.144. The Bertz CT molecular complexity index is 519. The van der Waals surface area contributed by atoms with E-state index in [2.05, 4.69) is 34.5 Å². The van der Waals surface area contributed by atoms with Crippen molar-refractivity contribution in [1.29, 1.82) is 0 Å². The van der Waals surface area contributed by atoms with Gasteiger partial charge in [0.25, 0.3) is 0 Å². The number of carbonyl (C=O) groups is 1. The normalized spacial score (nSPS) is 16.6. The number of amides is 1. The Morgan fingerprint density at radius 1 is 1.29 bits per heavy atom. The quantitative estimate of drug-likeness (QED) is 0.860. The lowest BCUT2D eigenvalue weighted by Crippen LogP contribution is -2.44. The SMILES string of the molecule is CC(C)(C)OC(=O)NC(CN)Cc1ccc(N2CCOCC2)cc1. The second kappa shape index (κ2) is 8.35. The summed E-state index contributed by atoms with van der Waals surface area (Å²) in [6, 6.07) is 8.26. The number of rotatable bonds is 5. The molecule has 1 atom stereocenters. The summed E-state index contributed by atoms with van der Waals surface area (Å²) in [5.74, 6) is 0. The first-order valence-corrected chi connectivity index (χ1v) is 8.48. The Balaban J connectivity index is 1.89. The molecule has 0 radical (unpaired) electrons. The molecular weight excluding hydrogens is 306 g/mol. The van der Waals surface area contributed by atoms with Crippen LogP contribution >= 0.6 is 0 Å². The summed E-state index contributed by atoms with van der Waals surface area (Å²) in [5, 5.41) is 2.84. The van der Waals surface area contributed by atoms with E-state index in [-0.39, 0.29) is 6.04 Å². The lowest BCUT2D eigenvalue weighted by Gasteiger charge is -2.29. The van der Waals surface area contributed by atoms with Gasteiger partial charge in [-0.2, -0.15) is 0 Å². The molecule has 1 aliphatic rings. The van der Waals surface area contributed by atoms with Gasteiger partial charge in [-0.3, -0.25) is 0 Å². The van der Waals surface area contributed by atoms with Crippen LogP contribution in [0.25, 0.3) is 0 Å². The smallest absolute Gasteiger partial charge is 0.407 e. The maximum atomic E-state index is 11.9. The first kappa shape index (κ1) is 18.5. The number of alkyl carbamates (subject to hydrolysis) is 1. The largest absolute Gasteiger partial charge is 0.444 e. The number of nitrogens with two attached hydrogens (primary N) is 1. The van der Waals surface area contributed by atoms with Crippen LogP contribution < -0.4 is 16.0 Å². The molecule has 1 aliphatic heterocycles. The molecule has 6 heteroatoms. The zero-order chi connectivity index (χ0) is 17.6. The maximum absolute atomic E-state index is 11.9. The summed E-state index contributed by atoms with van der Waals surface area (Å²) in [6.07, 6.45) is 0.252. The number of nitrogens with zero attached hydrogens (tertiary/aromatic N) is 1. The minimum atomic E-state index is -0.511. The molecule has 0 aliphatic carbocycles. The van der Waals surface area contributed by atoms with E-state index in [4.69, 9.17) is 15.2 Å². The van der Waals surface area contributed by atoms with Crippen molar-refractivity contribution < 1.29 is 14.3 Å². The molecular formula is C18H29N3O3. The first-order valence-electron chi connectivity index (χ1n) is 8.48. The third-order valence-electron chi connectivity index (χ3n) is 3.80. The van der Waals surface area contributed by atoms with Gasteiger partial charge < -0.3 is 25.4 Å². The molecule has 1 aromatic rings. The van der Waals surface area contributed by atoms with E-state index in [9.17, 15) is 4.79 Å². The second-order valence-electron chi connectivity index (χ2n) is 7.05.